The summed E-state index contributed by atoms with van der Waals surface area (Å²) in [5.41, 5.74) is 17.2. The molecule has 2 rings (SSSR count). The van der Waals surface area contributed by atoms with Crippen molar-refractivity contribution in [1.82, 2.24) is 15.5 Å². The number of phenols is 1. The summed E-state index contributed by atoms with van der Waals surface area (Å²) >= 11 is 4.17. The molecule has 1 aliphatic rings. The lowest BCUT2D eigenvalue weighted by atomic mass is 10.0. The Labute approximate surface area is 220 Å². The number of hydrogen-bond acceptors (Lipinski definition) is 8. The first kappa shape index (κ1) is 29.7. The van der Waals surface area contributed by atoms with E-state index in [9.17, 15) is 29.4 Å². The van der Waals surface area contributed by atoms with Crippen LogP contribution in [0.15, 0.2) is 29.3 Å². The third kappa shape index (κ3) is 9.13. The van der Waals surface area contributed by atoms with E-state index >= 15 is 0 Å². The van der Waals surface area contributed by atoms with E-state index in [-0.39, 0.29) is 36.8 Å². The van der Waals surface area contributed by atoms with Gasteiger partial charge in [-0.1, -0.05) is 12.1 Å². The minimum absolute atomic E-state index is 0.0379. The molecule has 0 bridgehead atoms. The van der Waals surface area contributed by atoms with Gasteiger partial charge < -0.3 is 42.9 Å². The molecule has 0 aliphatic carbocycles. The number of carboxylic acid groups (broad SMARTS) is 1. The lowest BCUT2D eigenvalue weighted by molar-refractivity contribution is -0.149. The predicted molar refractivity (Wildman–Crippen MR) is 140 cm³/mol. The van der Waals surface area contributed by atoms with E-state index in [0.29, 0.717) is 31.4 Å². The quantitative estimate of drug-likeness (QED) is 0.0619. The van der Waals surface area contributed by atoms with Gasteiger partial charge in [0.15, 0.2) is 5.96 Å². The number of likely N-dealkylation sites (tertiary alicyclic amines) is 1. The number of amides is 3. The molecule has 0 radical (unpaired) electrons. The lowest BCUT2D eigenvalue weighted by Crippen LogP contribution is -2.58. The molecule has 1 saturated heterocycles. The van der Waals surface area contributed by atoms with Gasteiger partial charge in [-0.3, -0.25) is 19.4 Å². The predicted octanol–water partition coefficient (Wildman–Crippen LogP) is -1.71. The van der Waals surface area contributed by atoms with Crippen LogP contribution >= 0.6 is 12.6 Å². The van der Waals surface area contributed by atoms with Crippen LogP contribution in [0.1, 0.15) is 31.2 Å². The summed E-state index contributed by atoms with van der Waals surface area (Å²) in [5.74, 6) is -3.01. The number of carbonyl (C=O) groups excluding carboxylic acids is 3. The normalized spacial score (nSPS) is 17.4. The maximum atomic E-state index is 13.2. The molecular formula is C23H35N7O6S. The highest BCUT2D eigenvalue weighted by atomic mass is 32.1. The monoisotopic (exact) mass is 537 g/mol. The molecule has 204 valence electrons. The van der Waals surface area contributed by atoms with E-state index in [1.165, 1.54) is 17.0 Å². The lowest BCUT2D eigenvalue weighted by Gasteiger charge is -2.28. The molecule has 1 aromatic carbocycles. The van der Waals surface area contributed by atoms with Gasteiger partial charge in [-0.05, 0) is 43.4 Å². The molecule has 14 heteroatoms. The zero-order valence-corrected chi connectivity index (χ0v) is 21.3. The van der Waals surface area contributed by atoms with Crippen molar-refractivity contribution in [2.24, 2.45) is 22.2 Å². The maximum Gasteiger partial charge on any atom is 0.326 e. The number of aliphatic imine (C=N–C) groups is 1. The Morgan fingerprint density at radius 1 is 1.11 bits per heavy atom. The number of thiol groups is 1. The first-order chi connectivity index (χ1) is 17.5. The number of nitrogens with zero attached hydrogens (tertiary/aromatic N) is 2. The number of aromatic hydroxyl groups is 1. The highest BCUT2D eigenvalue weighted by Crippen LogP contribution is 2.19. The molecule has 1 heterocycles. The van der Waals surface area contributed by atoms with Crippen molar-refractivity contribution in [1.29, 1.82) is 0 Å². The van der Waals surface area contributed by atoms with E-state index in [2.05, 4.69) is 28.3 Å². The van der Waals surface area contributed by atoms with Gasteiger partial charge in [0, 0.05) is 25.3 Å². The second-order valence-electron chi connectivity index (χ2n) is 8.76. The standard InChI is InChI=1S/C23H35N7O6S/c24-15(3-1-9-27-23(25)26)19(32)28-16(11-13-5-7-14(31)8-6-13)20(33)29-17(12-37)21(34)30-10-2-4-18(30)22(35)36/h5-8,15-18,31,37H,1-4,9-12,24H2,(H,28,32)(H,29,33)(H,35,36)(H4,25,26,27). The van der Waals surface area contributed by atoms with Crippen molar-refractivity contribution in [3.05, 3.63) is 29.8 Å². The van der Waals surface area contributed by atoms with E-state index in [4.69, 9.17) is 17.2 Å². The smallest absolute Gasteiger partial charge is 0.326 e. The van der Waals surface area contributed by atoms with Gasteiger partial charge in [-0.25, -0.2) is 4.79 Å². The second-order valence-corrected chi connectivity index (χ2v) is 9.12. The number of aliphatic carboxylic acids is 1. The number of carbonyl (C=O) groups is 4. The molecule has 1 fully saturated rings. The van der Waals surface area contributed by atoms with Gasteiger partial charge in [0.05, 0.1) is 6.04 Å². The highest BCUT2D eigenvalue weighted by molar-refractivity contribution is 7.80. The molecule has 1 aromatic rings. The molecule has 4 unspecified atom stereocenters. The van der Waals surface area contributed by atoms with Crippen molar-refractivity contribution in [2.45, 2.75) is 56.3 Å². The number of rotatable bonds is 13. The van der Waals surface area contributed by atoms with Crippen molar-refractivity contribution < 1.29 is 29.4 Å². The van der Waals surface area contributed by atoms with Crippen LogP contribution in [0.5, 0.6) is 5.75 Å². The van der Waals surface area contributed by atoms with Crippen LogP contribution in [-0.4, -0.2) is 87.8 Å². The summed E-state index contributed by atoms with van der Waals surface area (Å²) in [7, 11) is 0. The molecule has 10 N–H and O–H groups in total. The minimum Gasteiger partial charge on any atom is -0.508 e. The topological polar surface area (TPSA) is 226 Å². The molecule has 1 aliphatic heterocycles. The van der Waals surface area contributed by atoms with E-state index < -0.39 is 47.9 Å². The van der Waals surface area contributed by atoms with E-state index in [1.807, 2.05) is 0 Å². The molecule has 13 nitrogen and oxygen atoms in total. The number of phenolic OH excluding ortho intramolecular Hbond substituents is 1. The Balaban J connectivity index is 2.12. The van der Waals surface area contributed by atoms with E-state index in [0.717, 1.165) is 0 Å². The fourth-order valence-corrected chi connectivity index (χ4v) is 4.20. The largest absolute Gasteiger partial charge is 0.508 e. The van der Waals surface area contributed by atoms with Crippen LogP contribution in [0.2, 0.25) is 0 Å². The highest BCUT2D eigenvalue weighted by Gasteiger charge is 2.38. The molecule has 0 saturated carbocycles. The number of hydrogen-bond donors (Lipinski definition) is 8. The number of guanidine groups is 1. The Morgan fingerprint density at radius 2 is 1.76 bits per heavy atom. The zero-order chi connectivity index (χ0) is 27.5. The SMILES string of the molecule is NC(N)=NCCCC(N)C(=O)NC(Cc1ccc(O)cc1)C(=O)NC(CS)C(=O)N1CCCC1C(=O)O. The summed E-state index contributed by atoms with van der Waals surface area (Å²) in [6.07, 6.45) is 1.62. The summed E-state index contributed by atoms with van der Waals surface area (Å²) in [5, 5.41) is 24.2. The van der Waals surface area contributed by atoms with Crippen LogP contribution in [0.25, 0.3) is 0 Å². The van der Waals surface area contributed by atoms with Crippen LogP contribution in [0.4, 0.5) is 0 Å². The first-order valence-electron chi connectivity index (χ1n) is 11.9. The number of carboxylic acids is 1. The van der Waals surface area contributed by atoms with Crippen LogP contribution in [0, 0.1) is 0 Å². The van der Waals surface area contributed by atoms with Crippen LogP contribution in [0.3, 0.4) is 0 Å². The summed E-state index contributed by atoms with van der Waals surface area (Å²) in [6, 6.07) is 1.98. The summed E-state index contributed by atoms with van der Waals surface area (Å²) in [6.45, 7) is 0.554. The van der Waals surface area contributed by atoms with Crippen LogP contribution in [-0.2, 0) is 25.6 Å². The average Bonchev–Trinajstić information content (AvgIpc) is 3.35. The summed E-state index contributed by atoms with van der Waals surface area (Å²) in [4.78, 5) is 55.5. The minimum atomic E-state index is -1.11. The fourth-order valence-electron chi connectivity index (χ4n) is 3.95. The molecule has 0 aromatic heterocycles. The second kappa shape index (κ2) is 14.3. The Kier molecular flexibility index (Phi) is 11.5. The van der Waals surface area contributed by atoms with Crippen molar-refractivity contribution >= 4 is 42.3 Å². The van der Waals surface area contributed by atoms with E-state index in [1.54, 1.807) is 12.1 Å². The van der Waals surface area contributed by atoms with Gasteiger partial charge in [0.25, 0.3) is 0 Å². The Hall–Kier alpha value is -3.52. The third-order valence-electron chi connectivity index (χ3n) is 5.93. The average molecular weight is 538 g/mol. The molecule has 4 atom stereocenters. The fraction of sp³-hybridized carbons (Fsp3) is 0.522. The van der Waals surface area contributed by atoms with Gasteiger partial charge >= 0.3 is 5.97 Å². The van der Waals surface area contributed by atoms with Gasteiger partial charge in [-0.15, -0.1) is 0 Å². The van der Waals surface area contributed by atoms with Crippen LogP contribution < -0.4 is 27.8 Å². The number of nitrogens with two attached hydrogens (primary N) is 3. The molecule has 0 spiro atoms. The number of nitrogens with one attached hydrogen (secondary N) is 2. The molecule has 3 amide bonds. The van der Waals surface area contributed by atoms with Crippen molar-refractivity contribution in [2.75, 3.05) is 18.8 Å². The molecular weight excluding hydrogens is 502 g/mol. The Morgan fingerprint density at radius 3 is 2.35 bits per heavy atom. The van der Waals surface area contributed by atoms with Gasteiger partial charge in [0.2, 0.25) is 17.7 Å². The molecule has 37 heavy (non-hydrogen) atoms. The maximum absolute atomic E-state index is 13.2. The van der Waals surface area contributed by atoms with Gasteiger partial charge in [0.1, 0.15) is 23.9 Å². The summed E-state index contributed by atoms with van der Waals surface area (Å²) < 4.78 is 0. The zero-order valence-electron chi connectivity index (χ0n) is 20.4. The Bertz CT molecular complexity index is 986. The number of benzene rings is 1. The van der Waals surface area contributed by atoms with Gasteiger partial charge in [-0.2, -0.15) is 12.6 Å². The van der Waals surface area contributed by atoms with Crippen molar-refractivity contribution in [3.8, 4) is 5.75 Å². The van der Waals surface area contributed by atoms with Crippen molar-refractivity contribution in [3.63, 3.8) is 0 Å². The first-order valence-corrected chi connectivity index (χ1v) is 12.5. The third-order valence-corrected chi connectivity index (χ3v) is 6.30.